The molecular weight excluding hydrogens is 204 g/mol. The van der Waals surface area contributed by atoms with E-state index in [-0.39, 0.29) is 24.8 Å². The first-order valence-electron chi connectivity index (χ1n) is 4.12. The lowest BCUT2D eigenvalue weighted by Crippen LogP contribution is -2.12. The standard InChI is InChI=1S/C7H10N4O4/c1-9(13)5-6-8-4-7(11(14)15)10(6)2-3-12/h4-5,12H,2-3H2,1H3/b9-5-. The smallest absolute Gasteiger partial charge is 0.343 e. The summed E-state index contributed by atoms with van der Waals surface area (Å²) in [6.07, 6.45) is 2.15. The molecule has 0 spiro atoms. The van der Waals surface area contributed by atoms with E-state index in [1.807, 2.05) is 0 Å². The summed E-state index contributed by atoms with van der Waals surface area (Å²) in [4.78, 5) is 13.6. The van der Waals surface area contributed by atoms with E-state index in [1.54, 1.807) is 0 Å². The highest BCUT2D eigenvalue weighted by Gasteiger charge is 2.19. The number of nitrogens with zero attached hydrogens (tertiary/aromatic N) is 4. The van der Waals surface area contributed by atoms with Crippen LogP contribution in [0.5, 0.6) is 0 Å². The van der Waals surface area contributed by atoms with Crippen molar-refractivity contribution in [2.75, 3.05) is 13.7 Å². The fourth-order valence-electron chi connectivity index (χ4n) is 1.12. The third-order valence-electron chi connectivity index (χ3n) is 1.67. The van der Waals surface area contributed by atoms with Crippen LogP contribution in [0.4, 0.5) is 5.82 Å². The molecule has 15 heavy (non-hydrogen) atoms. The number of hydroxylamine groups is 1. The third-order valence-corrected chi connectivity index (χ3v) is 1.67. The number of rotatable bonds is 4. The van der Waals surface area contributed by atoms with Crippen LogP contribution in [0.3, 0.4) is 0 Å². The second-order valence-electron chi connectivity index (χ2n) is 2.78. The number of aromatic nitrogens is 2. The van der Waals surface area contributed by atoms with Gasteiger partial charge in [0.25, 0.3) is 5.82 Å². The molecule has 1 heterocycles. The maximum atomic E-state index is 10.7. The zero-order valence-corrected chi connectivity index (χ0v) is 8.03. The summed E-state index contributed by atoms with van der Waals surface area (Å²) in [5.74, 6) is -0.106. The van der Waals surface area contributed by atoms with Gasteiger partial charge in [0.1, 0.15) is 19.8 Å². The molecule has 0 amide bonds. The molecule has 1 N–H and O–H groups in total. The molecule has 0 atom stereocenters. The van der Waals surface area contributed by atoms with Crippen molar-refractivity contribution >= 4 is 12.0 Å². The van der Waals surface area contributed by atoms with Crippen molar-refractivity contribution in [2.45, 2.75) is 6.54 Å². The molecule has 0 fully saturated rings. The average molecular weight is 214 g/mol. The van der Waals surface area contributed by atoms with Crippen molar-refractivity contribution in [3.8, 4) is 0 Å². The Morgan fingerprint density at radius 1 is 1.67 bits per heavy atom. The van der Waals surface area contributed by atoms with E-state index >= 15 is 0 Å². The molecular formula is C7H10N4O4. The lowest BCUT2D eigenvalue weighted by Gasteiger charge is -1.99. The van der Waals surface area contributed by atoms with Crippen molar-refractivity contribution in [3.05, 3.63) is 27.3 Å². The number of hydrogen-bond acceptors (Lipinski definition) is 5. The van der Waals surface area contributed by atoms with Crippen molar-refractivity contribution in [1.82, 2.24) is 9.55 Å². The number of nitro groups is 1. The topological polar surface area (TPSA) is 107 Å². The van der Waals surface area contributed by atoms with Crippen molar-refractivity contribution in [2.24, 2.45) is 0 Å². The maximum Gasteiger partial charge on any atom is 0.343 e. The zero-order chi connectivity index (χ0) is 11.4. The zero-order valence-electron chi connectivity index (χ0n) is 8.03. The van der Waals surface area contributed by atoms with Crippen LogP contribution in [-0.2, 0) is 6.54 Å². The largest absolute Gasteiger partial charge is 0.624 e. The fraction of sp³-hybridized carbons (Fsp3) is 0.429. The van der Waals surface area contributed by atoms with Crippen LogP contribution in [-0.4, -0.2) is 44.2 Å². The van der Waals surface area contributed by atoms with Gasteiger partial charge in [-0.3, -0.25) is 0 Å². The Bertz CT molecular complexity index is 394. The summed E-state index contributed by atoms with van der Waals surface area (Å²) >= 11 is 0. The van der Waals surface area contributed by atoms with Gasteiger partial charge in [0.2, 0.25) is 6.21 Å². The normalized spacial score (nSPS) is 11.7. The molecule has 0 radical (unpaired) electrons. The van der Waals surface area contributed by atoms with Gasteiger partial charge < -0.3 is 20.4 Å². The fourth-order valence-corrected chi connectivity index (χ4v) is 1.12. The molecule has 0 saturated carbocycles. The number of aliphatic hydroxyl groups is 1. The minimum absolute atomic E-state index is 0.0238. The first-order chi connectivity index (χ1) is 7.06. The van der Waals surface area contributed by atoms with Gasteiger partial charge in [-0.05, 0) is 4.92 Å². The van der Waals surface area contributed by atoms with Gasteiger partial charge >= 0.3 is 5.82 Å². The lowest BCUT2D eigenvalue weighted by molar-refractivity contribution is -0.417. The summed E-state index contributed by atoms with van der Waals surface area (Å²) in [5, 5.41) is 30.0. The molecule has 0 aliphatic rings. The van der Waals surface area contributed by atoms with Crippen LogP contribution in [0.1, 0.15) is 5.82 Å². The van der Waals surface area contributed by atoms with Crippen LogP contribution in [0, 0.1) is 15.3 Å². The second-order valence-corrected chi connectivity index (χ2v) is 2.78. The van der Waals surface area contributed by atoms with Crippen LogP contribution in [0.25, 0.3) is 0 Å². The van der Waals surface area contributed by atoms with Gasteiger partial charge in [-0.1, -0.05) is 0 Å². The molecule has 82 valence electrons. The van der Waals surface area contributed by atoms with Crippen LogP contribution < -0.4 is 0 Å². The number of hydrogen-bond donors (Lipinski definition) is 1. The average Bonchev–Trinajstić information content (AvgIpc) is 2.48. The Balaban J connectivity index is 3.17. The van der Waals surface area contributed by atoms with Gasteiger partial charge in [-0.25, -0.2) is 9.72 Å². The summed E-state index contributed by atoms with van der Waals surface area (Å²) in [5.41, 5.74) is 0. The van der Waals surface area contributed by atoms with Crippen LogP contribution in [0.2, 0.25) is 0 Å². The predicted octanol–water partition coefficient (Wildman–Crippen LogP) is -0.657. The number of imidazole rings is 1. The molecule has 1 aromatic rings. The summed E-state index contributed by atoms with van der Waals surface area (Å²) in [6, 6.07) is 0. The van der Waals surface area contributed by atoms with Crippen LogP contribution in [0.15, 0.2) is 6.20 Å². The maximum absolute atomic E-state index is 10.7. The van der Waals surface area contributed by atoms with E-state index in [0.29, 0.717) is 4.74 Å². The highest BCUT2D eigenvalue weighted by Crippen LogP contribution is 2.12. The van der Waals surface area contributed by atoms with Gasteiger partial charge in [0.15, 0.2) is 0 Å². The summed E-state index contributed by atoms with van der Waals surface area (Å²) in [7, 11) is 1.24. The molecule has 0 unspecified atom stereocenters. The molecule has 8 nitrogen and oxygen atoms in total. The Morgan fingerprint density at radius 2 is 2.33 bits per heavy atom. The minimum atomic E-state index is -0.620. The summed E-state index contributed by atoms with van der Waals surface area (Å²) < 4.78 is 1.65. The predicted molar refractivity (Wildman–Crippen MR) is 50.7 cm³/mol. The lowest BCUT2D eigenvalue weighted by atomic mass is 10.5. The molecule has 0 aliphatic carbocycles. The molecule has 0 aromatic carbocycles. The van der Waals surface area contributed by atoms with Gasteiger partial charge in [-0.2, -0.15) is 4.57 Å². The van der Waals surface area contributed by atoms with Gasteiger partial charge in [-0.15, -0.1) is 0 Å². The Hall–Kier alpha value is -1.96. The number of aliphatic hydroxyl groups excluding tert-OH is 1. The molecule has 8 heteroatoms. The Labute approximate surface area is 84.8 Å². The van der Waals surface area contributed by atoms with E-state index in [0.717, 1.165) is 17.0 Å². The molecule has 0 bridgehead atoms. The van der Waals surface area contributed by atoms with Crippen molar-refractivity contribution < 1.29 is 14.8 Å². The quantitative estimate of drug-likeness (QED) is 0.235. The first-order valence-corrected chi connectivity index (χ1v) is 4.12. The molecule has 0 saturated heterocycles. The first kappa shape index (κ1) is 11.1. The van der Waals surface area contributed by atoms with E-state index < -0.39 is 4.92 Å². The Kier molecular flexibility index (Phi) is 3.34. The van der Waals surface area contributed by atoms with Crippen molar-refractivity contribution in [3.63, 3.8) is 0 Å². The van der Waals surface area contributed by atoms with E-state index in [4.69, 9.17) is 5.11 Å². The van der Waals surface area contributed by atoms with E-state index in [2.05, 4.69) is 4.98 Å². The van der Waals surface area contributed by atoms with Crippen molar-refractivity contribution in [1.29, 1.82) is 0 Å². The highest BCUT2D eigenvalue weighted by atomic mass is 16.6. The van der Waals surface area contributed by atoms with Gasteiger partial charge in [0, 0.05) is 0 Å². The minimum Gasteiger partial charge on any atom is -0.624 e. The SMILES string of the molecule is C/[N+]([O-])=C/c1ncc([N+](=O)[O-])n1CCO. The Morgan fingerprint density at radius 3 is 2.80 bits per heavy atom. The monoisotopic (exact) mass is 214 g/mol. The van der Waals surface area contributed by atoms with Gasteiger partial charge in [0.05, 0.1) is 6.61 Å². The summed E-state index contributed by atoms with van der Waals surface area (Å²) in [6.45, 7) is -0.239. The van der Waals surface area contributed by atoms with E-state index in [9.17, 15) is 15.3 Å². The molecule has 1 aromatic heterocycles. The highest BCUT2D eigenvalue weighted by molar-refractivity contribution is 5.71. The van der Waals surface area contributed by atoms with E-state index in [1.165, 1.54) is 7.05 Å². The van der Waals surface area contributed by atoms with Crippen LogP contribution >= 0.6 is 0 Å². The third kappa shape index (κ3) is 2.50. The second kappa shape index (κ2) is 4.51. The molecule has 0 aliphatic heterocycles. The molecule has 1 rings (SSSR count).